The molecule has 39 heavy (non-hydrogen) atoms. The van der Waals surface area contributed by atoms with Crippen LogP contribution in [0.1, 0.15) is 23.6 Å². The fourth-order valence-electron chi connectivity index (χ4n) is 3.81. The van der Waals surface area contributed by atoms with E-state index in [4.69, 9.17) is 32.7 Å². The second-order valence-electron chi connectivity index (χ2n) is 8.58. The number of urea groups is 1. The molecule has 11 heteroatoms. The first-order valence-corrected chi connectivity index (χ1v) is 13.4. The number of amides is 4. The van der Waals surface area contributed by atoms with Crippen LogP contribution < -0.4 is 20.1 Å². The molecule has 0 aliphatic carbocycles. The maximum absolute atomic E-state index is 12.9. The van der Waals surface area contributed by atoms with Crippen molar-refractivity contribution < 1.29 is 23.9 Å². The molecule has 3 aromatic carbocycles. The largest absolute Gasteiger partial charge is 0.490 e. The van der Waals surface area contributed by atoms with E-state index in [0.29, 0.717) is 43.9 Å². The fraction of sp³-hybridized carbons (Fsp3) is 0.179. The Morgan fingerprint density at radius 1 is 1.10 bits per heavy atom. The highest BCUT2D eigenvalue weighted by Crippen LogP contribution is 2.38. The van der Waals surface area contributed by atoms with E-state index in [1.807, 2.05) is 19.9 Å². The molecule has 0 aromatic heterocycles. The second-order valence-corrected chi connectivity index (χ2v) is 10.3. The predicted molar refractivity (Wildman–Crippen MR) is 154 cm³/mol. The molecule has 0 atom stereocenters. The monoisotopic (exact) mass is 631 g/mol. The summed E-state index contributed by atoms with van der Waals surface area (Å²) in [5.74, 6) is -0.239. The lowest BCUT2D eigenvalue weighted by Gasteiger charge is -2.15. The molecular weight excluding hydrogens is 609 g/mol. The van der Waals surface area contributed by atoms with E-state index in [2.05, 4.69) is 26.6 Å². The highest BCUT2D eigenvalue weighted by atomic mass is 79.9. The molecule has 0 saturated carbocycles. The van der Waals surface area contributed by atoms with Gasteiger partial charge in [-0.15, -0.1) is 0 Å². The van der Waals surface area contributed by atoms with Crippen LogP contribution in [0, 0.1) is 6.92 Å². The number of halogens is 3. The van der Waals surface area contributed by atoms with Gasteiger partial charge in [-0.05, 0) is 83.4 Å². The van der Waals surface area contributed by atoms with Gasteiger partial charge in [-0.1, -0.05) is 41.4 Å². The highest BCUT2D eigenvalue weighted by Gasteiger charge is 2.35. The smallest absolute Gasteiger partial charge is 0.329 e. The Morgan fingerprint density at radius 3 is 2.62 bits per heavy atom. The van der Waals surface area contributed by atoms with Crippen molar-refractivity contribution in [1.29, 1.82) is 0 Å². The maximum atomic E-state index is 12.9. The zero-order chi connectivity index (χ0) is 28.1. The van der Waals surface area contributed by atoms with Crippen LogP contribution in [0.2, 0.25) is 10.0 Å². The first-order valence-electron chi connectivity index (χ1n) is 11.9. The minimum absolute atomic E-state index is 0.0271. The topological polar surface area (TPSA) is 97.0 Å². The zero-order valence-electron chi connectivity index (χ0n) is 21.0. The lowest BCUT2D eigenvalue weighted by molar-refractivity contribution is -0.127. The molecule has 1 heterocycles. The lowest BCUT2D eigenvalue weighted by atomic mass is 10.1. The van der Waals surface area contributed by atoms with E-state index in [9.17, 15) is 14.4 Å². The molecule has 8 nitrogen and oxygen atoms in total. The van der Waals surface area contributed by atoms with Crippen molar-refractivity contribution >= 4 is 68.7 Å². The van der Waals surface area contributed by atoms with E-state index < -0.39 is 24.4 Å². The van der Waals surface area contributed by atoms with Gasteiger partial charge in [-0.3, -0.25) is 9.59 Å². The molecule has 1 saturated heterocycles. The number of carbonyl (C=O) groups excluding carboxylic acids is 3. The first kappa shape index (κ1) is 28.5. The van der Waals surface area contributed by atoms with Crippen LogP contribution in [-0.2, 0) is 16.2 Å². The van der Waals surface area contributed by atoms with Crippen molar-refractivity contribution in [3.63, 3.8) is 0 Å². The van der Waals surface area contributed by atoms with E-state index in [0.717, 1.165) is 16.0 Å². The number of carbonyl (C=O) groups is 3. The summed E-state index contributed by atoms with van der Waals surface area (Å²) in [5, 5.41) is 6.23. The van der Waals surface area contributed by atoms with E-state index >= 15 is 0 Å². The van der Waals surface area contributed by atoms with Gasteiger partial charge in [0, 0.05) is 21.3 Å². The summed E-state index contributed by atoms with van der Waals surface area (Å²) in [6.45, 7) is 3.84. The maximum Gasteiger partial charge on any atom is 0.329 e. The van der Waals surface area contributed by atoms with Crippen LogP contribution in [0.25, 0.3) is 6.08 Å². The highest BCUT2D eigenvalue weighted by molar-refractivity contribution is 9.10. The third-order valence-corrected chi connectivity index (χ3v) is 6.77. The van der Waals surface area contributed by atoms with Crippen molar-refractivity contribution in [3.05, 3.63) is 91.5 Å². The Hall–Kier alpha value is -3.53. The summed E-state index contributed by atoms with van der Waals surface area (Å²) in [5.41, 5.74) is 2.89. The average Bonchev–Trinajstić information content (AvgIpc) is 3.12. The molecule has 2 N–H and O–H groups in total. The van der Waals surface area contributed by atoms with E-state index in [-0.39, 0.29) is 12.3 Å². The first-order chi connectivity index (χ1) is 18.6. The van der Waals surface area contributed by atoms with Crippen molar-refractivity contribution in [3.8, 4) is 11.5 Å². The Balaban J connectivity index is 1.50. The normalized spacial score (nSPS) is 14.0. The minimum atomic E-state index is -0.686. The number of rotatable bonds is 9. The molecule has 0 radical (unpaired) electrons. The van der Waals surface area contributed by atoms with Gasteiger partial charge in [0.2, 0.25) is 5.91 Å². The van der Waals surface area contributed by atoms with Gasteiger partial charge in [0.15, 0.2) is 11.5 Å². The number of nitrogens with zero attached hydrogens (tertiary/aromatic N) is 1. The van der Waals surface area contributed by atoms with Gasteiger partial charge in [0.25, 0.3) is 5.91 Å². The Bertz CT molecular complexity index is 1480. The quantitative estimate of drug-likeness (QED) is 0.205. The van der Waals surface area contributed by atoms with Crippen molar-refractivity contribution in [2.75, 3.05) is 18.5 Å². The van der Waals surface area contributed by atoms with E-state index in [1.165, 1.54) is 6.08 Å². The molecule has 1 fully saturated rings. The Morgan fingerprint density at radius 2 is 1.90 bits per heavy atom. The van der Waals surface area contributed by atoms with Gasteiger partial charge in [-0.2, -0.15) is 0 Å². The predicted octanol–water partition coefficient (Wildman–Crippen LogP) is 6.57. The third-order valence-electron chi connectivity index (χ3n) is 5.60. The number of benzene rings is 3. The SMILES string of the molecule is CCOc1cc(/C=C2/NC(=O)N(CC(=O)Nc3cccc(C)c3)C2=O)cc(Br)c1OCc1ccc(Cl)cc1Cl. The van der Waals surface area contributed by atoms with E-state index in [1.54, 1.807) is 48.5 Å². The number of imide groups is 1. The molecule has 202 valence electrons. The minimum Gasteiger partial charge on any atom is -0.490 e. The number of ether oxygens (including phenoxy) is 2. The Labute approximate surface area is 244 Å². The number of hydrogen-bond donors (Lipinski definition) is 2. The van der Waals surface area contributed by atoms with Crippen LogP contribution >= 0.6 is 39.1 Å². The van der Waals surface area contributed by atoms with Crippen molar-refractivity contribution in [2.24, 2.45) is 0 Å². The van der Waals surface area contributed by atoms with Crippen LogP contribution in [-0.4, -0.2) is 35.9 Å². The molecule has 0 unspecified atom stereocenters. The fourth-order valence-corrected chi connectivity index (χ4v) is 4.85. The van der Waals surface area contributed by atoms with Gasteiger partial charge in [-0.25, -0.2) is 9.69 Å². The van der Waals surface area contributed by atoms with Gasteiger partial charge in [0.05, 0.1) is 11.1 Å². The molecule has 4 amide bonds. The Kier molecular flexibility index (Phi) is 9.16. The molecule has 1 aliphatic heterocycles. The lowest BCUT2D eigenvalue weighted by Crippen LogP contribution is -2.38. The molecule has 0 spiro atoms. The molecule has 1 aliphatic rings. The number of aryl methyl sites for hydroxylation is 1. The zero-order valence-corrected chi connectivity index (χ0v) is 24.1. The van der Waals surface area contributed by atoms with Gasteiger partial charge >= 0.3 is 6.03 Å². The standard InChI is InChI=1S/C28H24BrCl2N3O5/c1-3-38-24-12-17(10-21(29)26(24)39-15-18-7-8-19(30)13-22(18)31)11-23-27(36)34(28(37)33-23)14-25(35)32-20-6-4-5-16(2)9-20/h4-13H,3,14-15H2,1-2H3,(H,32,35)(H,33,37)/b23-11+. The summed E-state index contributed by atoms with van der Waals surface area (Å²) in [6.07, 6.45) is 1.51. The molecule has 4 rings (SSSR count). The number of hydrogen-bond acceptors (Lipinski definition) is 5. The summed E-state index contributed by atoms with van der Waals surface area (Å²) >= 11 is 15.7. The molecule has 0 bridgehead atoms. The third kappa shape index (κ3) is 7.11. The van der Waals surface area contributed by atoms with Crippen molar-refractivity contribution in [1.82, 2.24) is 10.2 Å². The van der Waals surface area contributed by atoms with Crippen LogP contribution in [0.3, 0.4) is 0 Å². The molecular formula is C28H24BrCl2N3O5. The molecule has 3 aromatic rings. The van der Waals surface area contributed by atoms with Crippen LogP contribution in [0.5, 0.6) is 11.5 Å². The second kappa shape index (κ2) is 12.5. The summed E-state index contributed by atoms with van der Waals surface area (Å²) in [6, 6.07) is 15.1. The van der Waals surface area contributed by atoms with Crippen LogP contribution in [0.15, 0.2) is 64.8 Å². The van der Waals surface area contributed by atoms with Crippen LogP contribution in [0.4, 0.5) is 10.5 Å². The van der Waals surface area contributed by atoms with Gasteiger partial charge in [0.1, 0.15) is 18.8 Å². The summed E-state index contributed by atoms with van der Waals surface area (Å²) < 4.78 is 12.3. The summed E-state index contributed by atoms with van der Waals surface area (Å²) in [4.78, 5) is 38.8. The van der Waals surface area contributed by atoms with Crippen molar-refractivity contribution in [2.45, 2.75) is 20.5 Å². The average molecular weight is 633 g/mol. The van der Waals surface area contributed by atoms with Gasteiger partial charge < -0.3 is 20.1 Å². The number of anilines is 1. The number of nitrogens with one attached hydrogen (secondary N) is 2. The summed E-state index contributed by atoms with van der Waals surface area (Å²) in [7, 11) is 0.